The maximum absolute atomic E-state index is 12.1. The van der Waals surface area contributed by atoms with Crippen LogP contribution in [0, 0.1) is 0 Å². The van der Waals surface area contributed by atoms with Crippen LogP contribution >= 0.6 is 0 Å². The molecular weight excluding hydrogens is 452 g/mol. The molecule has 1 aliphatic rings. The number of benzene rings is 2. The van der Waals surface area contributed by atoms with E-state index in [2.05, 4.69) is 21.2 Å². The number of carbonyl (C=O) groups is 3. The monoisotopic (exact) mass is 482 g/mol. The maximum atomic E-state index is 12.1. The second-order valence-electron chi connectivity index (χ2n) is 7.98. The molecule has 0 bridgehead atoms. The molecule has 0 unspecified atom stereocenters. The lowest BCUT2D eigenvalue weighted by Gasteiger charge is -2.22. The zero-order valence-corrected chi connectivity index (χ0v) is 19.8. The van der Waals surface area contributed by atoms with Gasteiger partial charge in [-0.25, -0.2) is 5.43 Å². The van der Waals surface area contributed by atoms with Crippen molar-refractivity contribution in [2.24, 2.45) is 5.10 Å². The van der Waals surface area contributed by atoms with Crippen LogP contribution in [0.3, 0.4) is 0 Å². The average Bonchev–Trinajstić information content (AvgIpc) is 2.89. The Kier molecular flexibility index (Phi) is 9.47. The Labute approximate surface area is 204 Å². The molecule has 186 valence electrons. The molecular formula is C25H30N4O6. The molecule has 10 heteroatoms. The molecule has 0 aromatic heterocycles. The number of nitrogens with zero attached hydrogens (tertiary/aromatic N) is 1. The number of ether oxygens (including phenoxy) is 3. The summed E-state index contributed by atoms with van der Waals surface area (Å²) in [6.45, 7) is -0.0475. The molecule has 3 rings (SSSR count). The predicted octanol–water partition coefficient (Wildman–Crippen LogP) is 2.62. The molecule has 3 N–H and O–H groups in total. The molecule has 0 heterocycles. The van der Waals surface area contributed by atoms with Crippen molar-refractivity contribution in [3.63, 3.8) is 0 Å². The quantitative estimate of drug-likeness (QED) is 0.286. The van der Waals surface area contributed by atoms with Gasteiger partial charge < -0.3 is 24.8 Å². The Balaban J connectivity index is 1.43. The van der Waals surface area contributed by atoms with Crippen molar-refractivity contribution in [3.8, 4) is 17.2 Å². The van der Waals surface area contributed by atoms with Gasteiger partial charge >= 0.3 is 11.8 Å². The molecule has 2 aromatic carbocycles. The van der Waals surface area contributed by atoms with Gasteiger partial charge in [0.1, 0.15) is 17.2 Å². The number of hydrogen-bond acceptors (Lipinski definition) is 7. The van der Waals surface area contributed by atoms with Gasteiger partial charge in [-0.05, 0) is 54.8 Å². The summed E-state index contributed by atoms with van der Waals surface area (Å²) < 4.78 is 15.8. The fourth-order valence-electron chi connectivity index (χ4n) is 3.61. The lowest BCUT2D eigenvalue weighted by molar-refractivity contribution is -0.136. The fourth-order valence-corrected chi connectivity index (χ4v) is 3.61. The first-order valence-corrected chi connectivity index (χ1v) is 11.4. The summed E-state index contributed by atoms with van der Waals surface area (Å²) in [5.74, 6) is -0.534. The standard InChI is InChI=1S/C25H30N4O6/c1-33-20-12-13-21(22(14-20)34-2)28-24(31)25(32)29-26-15-17-8-10-19(11-9-17)35-16-23(30)27-18-6-4-3-5-7-18/h8-15,18H,3-7,16H2,1-2H3,(H,27,30)(H,28,31)(H,29,32)/b26-15-. The number of amides is 3. The highest BCUT2D eigenvalue weighted by Gasteiger charge is 2.17. The van der Waals surface area contributed by atoms with Gasteiger partial charge in [0.25, 0.3) is 5.91 Å². The third kappa shape index (κ3) is 8.02. The molecule has 0 aliphatic heterocycles. The maximum Gasteiger partial charge on any atom is 0.329 e. The molecule has 0 atom stereocenters. The summed E-state index contributed by atoms with van der Waals surface area (Å²) in [4.78, 5) is 36.2. The Morgan fingerprint density at radius 1 is 0.943 bits per heavy atom. The first-order chi connectivity index (χ1) is 17.0. The lowest BCUT2D eigenvalue weighted by atomic mass is 9.95. The molecule has 0 radical (unpaired) electrons. The van der Waals surface area contributed by atoms with E-state index in [9.17, 15) is 14.4 Å². The summed E-state index contributed by atoms with van der Waals surface area (Å²) in [6, 6.07) is 11.8. The largest absolute Gasteiger partial charge is 0.497 e. The van der Waals surface area contributed by atoms with Gasteiger partial charge in [-0.1, -0.05) is 19.3 Å². The average molecular weight is 483 g/mol. The van der Waals surface area contributed by atoms with Crippen LogP contribution in [-0.4, -0.2) is 50.8 Å². The molecule has 10 nitrogen and oxygen atoms in total. The van der Waals surface area contributed by atoms with Gasteiger partial charge in [-0.3, -0.25) is 14.4 Å². The van der Waals surface area contributed by atoms with E-state index in [0.717, 1.165) is 25.7 Å². The van der Waals surface area contributed by atoms with Crippen LogP contribution in [-0.2, 0) is 14.4 Å². The van der Waals surface area contributed by atoms with Gasteiger partial charge in [0.05, 0.1) is 26.1 Å². The van der Waals surface area contributed by atoms with E-state index < -0.39 is 11.8 Å². The van der Waals surface area contributed by atoms with E-state index in [0.29, 0.717) is 28.5 Å². The first kappa shape index (κ1) is 25.5. The van der Waals surface area contributed by atoms with E-state index in [1.165, 1.54) is 26.9 Å². The highest BCUT2D eigenvalue weighted by Crippen LogP contribution is 2.28. The fraction of sp³-hybridized carbons (Fsp3) is 0.360. The third-order valence-corrected chi connectivity index (χ3v) is 5.46. The minimum atomic E-state index is -0.942. The van der Waals surface area contributed by atoms with E-state index in [1.54, 1.807) is 42.5 Å². The van der Waals surface area contributed by atoms with Crippen LogP contribution in [0.15, 0.2) is 47.6 Å². The highest BCUT2D eigenvalue weighted by molar-refractivity contribution is 6.39. The Hall–Kier alpha value is -4.08. The topological polar surface area (TPSA) is 127 Å². The molecule has 0 saturated heterocycles. The Morgan fingerprint density at radius 3 is 2.34 bits per heavy atom. The van der Waals surface area contributed by atoms with Crippen molar-refractivity contribution in [2.75, 3.05) is 26.1 Å². The lowest BCUT2D eigenvalue weighted by Crippen LogP contribution is -2.38. The van der Waals surface area contributed by atoms with Gasteiger partial charge in [-0.2, -0.15) is 5.10 Å². The first-order valence-electron chi connectivity index (χ1n) is 11.4. The number of hydrogen-bond donors (Lipinski definition) is 3. The van der Waals surface area contributed by atoms with Crippen LogP contribution < -0.4 is 30.3 Å². The van der Waals surface area contributed by atoms with Gasteiger partial charge in [0.2, 0.25) is 0 Å². The minimum Gasteiger partial charge on any atom is -0.497 e. The third-order valence-electron chi connectivity index (χ3n) is 5.46. The van der Waals surface area contributed by atoms with Crippen molar-refractivity contribution in [1.29, 1.82) is 0 Å². The minimum absolute atomic E-state index is 0.0475. The van der Waals surface area contributed by atoms with Crippen LogP contribution in [0.2, 0.25) is 0 Å². The summed E-state index contributed by atoms with van der Waals surface area (Å²) in [5, 5.41) is 9.27. The van der Waals surface area contributed by atoms with Crippen molar-refractivity contribution in [1.82, 2.24) is 10.7 Å². The second-order valence-corrected chi connectivity index (χ2v) is 7.98. The van der Waals surface area contributed by atoms with Gasteiger partial charge in [-0.15, -0.1) is 0 Å². The van der Waals surface area contributed by atoms with Crippen LogP contribution in [0.5, 0.6) is 17.2 Å². The Morgan fingerprint density at radius 2 is 1.66 bits per heavy atom. The Bertz CT molecular complexity index is 1050. The van der Waals surface area contributed by atoms with Gasteiger partial charge in [0.15, 0.2) is 6.61 Å². The van der Waals surface area contributed by atoms with Crippen molar-refractivity contribution in [3.05, 3.63) is 48.0 Å². The number of anilines is 1. The molecule has 1 aliphatic carbocycles. The predicted molar refractivity (Wildman–Crippen MR) is 131 cm³/mol. The van der Waals surface area contributed by atoms with Gasteiger partial charge in [0, 0.05) is 12.1 Å². The van der Waals surface area contributed by atoms with Crippen molar-refractivity contribution >= 4 is 29.6 Å². The van der Waals surface area contributed by atoms with Crippen molar-refractivity contribution in [2.45, 2.75) is 38.1 Å². The normalized spacial score (nSPS) is 13.7. The molecule has 35 heavy (non-hydrogen) atoms. The summed E-state index contributed by atoms with van der Waals surface area (Å²) in [7, 11) is 2.95. The summed E-state index contributed by atoms with van der Waals surface area (Å²) in [6.07, 6.45) is 6.96. The van der Waals surface area contributed by atoms with Crippen LogP contribution in [0.25, 0.3) is 0 Å². The second kappa shape index (κ2) is 13.0. The number of hydrazone groups is 1. The molecule has 1 fully saturated rings. The molecule has 0 spiro atoms. The smallest absolute Gasteiger partial charge is 0.329 e. The molecule has 1 saturated carbocycles. The number of rotatable bonds is 9. The number of methoxy groups -OCH3 is 2. The molecule has 2 aromatic rings. The van der Waals surface area contributed by atoms with E-state index in [-0.39, 0.29) is 18.6 Å². The number of nitrogens with one attached hydrogen (secondary N) is 3. The SMILES string of the molecule is COc1ccc(NC(=O)C(=O)N/N=C\c2ccc(OCC(=O)NC3CCCCC3)cc2)c(OC)c1. The zero-order chi connectivity index (χ0) is 25.0. The van der Waals surface area contributed by atoms with E-state index in [1.807, 2.05) is 0 Å². The van der Waals surface area contributed by atoms with Crippen LogP contribution in [0.1, 0.15) is 37.7 Å². The van der Waals surface area contributed by atoms with E-state index >= 15 is 0 Å². The van der Waals surface area contributed by atoms with Crippen molar-refractivity contribution < 1.29 is 28.6 Å². The summed E-state index contributed by atoms with van der Waals surface area (Å²) >= 11 is 0. The highest BCUT2D eigenvalue weighted by atomic mass is 16.5. The zero-order valence-electron chi connectivity index (χ0n) is 19.8. The number of carbonyl (C=O) groups excluding carboxylic acids is 3. The molecule has 3 amide bonds. The summed E-state index contributed by atoms with van der Waals surface area (Å²) in [5.41, 5.74) is 3.16. The van der Waals surface area contributed by atoms with Crippen LogP contribution in [0.4, 0.5) is 5.69 Å². The van der Waals surface area contributed by atoms with E-state index in [4.69, 9.17) is 14.2 Å².